The van der Waals surface area contributed by atoms with Gasteiger partial charge in [-0.3, -0.25) is 14.5 Å². The number of carbonyl (C=O) groups is 2. The van der Waals surface area contributed by atoms with Crippen molar-refractivity contribution in [2.75, 3.05) is 39.3 Å². The lowest BCUT2D eigenvalue weighted by Crippen LogP contribution is -2.50. The van der Waals surface area contributed by atoms with Gasteiger partial charge in [-0.25, -0.2) is 4.98 Å². The molecule has 212 valence electrons. The molecular weight excluding hydrogens is 516 g/mol. The summed E-state index contributed by atoms with van der Waals surface area (Å²) in [5, 5.41) is 3.23. The smallest absolute Gasteiger partial charge is 0.222 e. The third-order valence-corrected chi connectivity index (χ3v) is 9.31. The number of aromatic nitrogens is 1. The van der Waals surface area contributed by atoms with Crippen LogP contribution in [0.5, 0.6) is 0 Å². The van der Waals surface area contributed by atoms with Crippen LogP contribution < -0.4 is 0 Å². The fourth-order valence-electron chi connectivity index (χ4n) is 5.87. The molecule has 1 aromatic heterocycles. The van der Waals surface area contributed by atoms with Crippen molar-refractivity contribution >= 4 is 23.2 Å². The molecule has 40 heavy (non-hydrogen) atoms. The van der Waals surface area contributed by atoms with Crippen LogP contribution in [0.4, 0.5) is 0 Å². The molecule has 2 amide bonds. The largest absolute Gasteiger partial charge is 0.343 e. The van der Waals surface area contributed by atoms with Crippen molar-refractivity contribution in [3.63, 3.8) is 0 Å². The molecule has 3 aromatic rings. The van der Waals surface area contributed by atoms with E-state index < -0.39 is 0 Å². The van der Waals surface area contributed by atoms with Crippen LogP contribution in [-0.2, 0) is 15.0 Å². The van der Waals surface area contributed by atoms with Crippen molar-refractivity contribution in [3.05, 3.63) is 76.8 Å². The predicted octanol–water partition coefficient (Wildman–Crippen LogP) is 5.99. The lowest BCUT2D eigenvalue weighted by molar-refractivity contribution is -0.135. The number of likely N-dealkylation sites (tertiary alicyclic amines) is 1. The summed E-state index contributed by atoms with van der Waals surface area (Å²) in [6.07, 6.45) is 2.45. The van der Waals surface area contributed by atoms with E-state index in [1.54, 1.807) is 18.3 Å². The fraction of sp³-hybridized carbons (Fsp3) is 0.485. The summed E-state index contributed by atoms with van der Waals surface area (Å²) in [4.78, 5) is 36.1. The van der Waals surface area contributed by atoms with Crippen LogP contribution in [0.3, 0.4) is 0 Å². The number of hydrogen-bond acceptors (Lipinski definition) is 5. The van der Waals surface area contributed by atoms with Crippen LogP contribution >= 0.6 is 11.3 Å². The minimum Gasteiger partial charge on any atom is -0.343 e. The number of piperazine rings is 1. The summed E-state index contributed by atoms with van der Waals surface area (Å²) < 4.78 is 0. The highest BCUT2D eigenvalue weighted by Crippen LogP contribution is 2.34. The number of amides is 2. The van der Waals surface area contributed by atoms with Crippen LogP contribution in [0.1, 0.15) is 69.8 Å². The molecule has 0 aliphatic carbocycles. The molecule has 0 bridgehead atoms. The number of piperidine rings is 1. The molecule has 2 aliphatic heterocycles. The van der Waals surface area contributed by atoms with Crippen molar-refractivity contribution in [1.29, 1.82) is 0 Å². The van der Waals surface area contributed by atoms with E-state index in [1.807, 2.05) is 9.80 Å². The first-order chi connectivity index (χ1) is 19.2. The van der Waals surface area contributed by atoms with Gasteiger partial charge in [-0.15, -0.1) is 11.3 Å². The number of benzene rings is 2. The van der Waals surface area contributed by atoms with E-state index in [2.05, 4.69) is 85.6 Å². The number of thiazole rings is 1. The average molecular weight is 559 g/mol. The topological polar surface area (TPSA) is 56.8 Å². The first-order valence-corrected chi connectivity index (χ1v) is 15.5. The van der Waals surface area contributed by atoms with Crippen molar-refractivity contribution in [2.24, 2.45) is 5.92 Å². The summed E-state index contributed by atoms with van der Waals surface area (Å²) in [6.45, 7) is 13.0. The monoisotopic (exact) mass is 558 g/mol. The van der Waals surface area contributed by atoms with Crippen molar-refractivity contribution in [3.8, 4) is 10.6 Å². The maximum Gasteiger partial charge on any atom is 0.222 e. The molecule has 3 heterocycles. The van der Waals surface area contributed by atoms with Gasteiger partial charge in [0.15, 0.2) is 0 Å². The van der Waals surface area contributed by atoms with E-state index in [0.717, 1.165) is 68.4 Å². The van der Waals surface area contributed by atoms with E-state index >= 15 is 0 Å². The Hall–Kier alpha value is -3.03. The van der Waals surface area contributed by atoms with Gasteiger partial charge in [0.1, 0.15) is 5.01 Å². The molecule has 0 radical (unpaired) electrons. The number of nitrogens with zero attached hydrogens (tertiary/aromatic N) is 4. The summed E-state index contributed by atoms with van der Waals surface area (Å²) in [6, 6.07) is 19.7. The molecule has 0 spiro atoms. The molecule has 2 fully saturated rings. The van der Waals surface area contributed by atoms with Gasteiger partial charge in [-0.1, -0.05) is 75.4 Å². The minimum atomic E-state index is 0.0454. The van der Waals surface area contributed by atoms with Crippen LogP contribution in [0, 0.1) is 5.92 Å². The maximum absolute atomic E-state index is 13.2. The van der Waals surface area contributed by atoms with Gasteiger partial charge in [-0.05, 0) is 29.9 Å². The van der Waals surface area contributed by atoms with Gasteiger partial charge in [0, 0.05) is 69.0 Å². The lowest BCUT2D eigenvalue weighted by Gasteiger charge is -2.40. The molecule has 5 rings (SSSR count). The molecule has 1 unspecified atom stereocenters. The molecule has 6 nitrogen and oxygen atoms in total. The van der Waals surface area contributed by atoms with Crippen LogP contribution in [0.15, 0.2) is 60.0 Å². The predicted molar refractivity (Wildman–Crippen MR) is 162 cm³/mol. The minimum absolute atomic E-state index is 0.0454. The lowest BCUT2D eigenvalue weighted by atomic mass is 9.92. The number of rotatable bonds is 6. The van der Waals surface area contributed by atoms with Crippen LogP contribution in [0.2, 0.25) is 0 Å². The van der Waals surface area contributed by atoms with Gasteiger partial charge < -0.3 is 9.80 Å². The Kier molecular flexibility index (Phi) is 8.71. The summed E-state index contributed by atoms with van der Waals surface area (Å²) in [5.74, 6) is 0.787. The molecule has 0 saturated carbocycles. The highest BCUT2D eigenvalue weighted by atomic mass is 32.1. The second kappa shape index (κ2) is 12.2. The average Bonchev–Trinajstić information content (AvgIpc) is 3.46. The number of hydrogen-bond donors (Lipinski definition) is 0. The zero-order valence-electron chi connectivity index (χ0n) is 24.3. The third kappa shape index (κ3) is 6.64. The fourth-order valence-corrected chi connectivity index (χ4v) is 6.92. The second-order valence-electron chi connectivity index (χ2n) is 12.3. The third-order valence-electron chi connectivity index (χ3n) is 8.42. The Morgan fingerprint density at radius 3 is 2.08 bits per heavy atom. The zero-order chi connectivity index (χ0) is 28.3. The van der Waals surface area contributed by atoms with E-state index in [-0.39, 0.29) is 23.3 Å². The molecule has 2 saturated heterocycles. The van der Waals surface area contributed by atoms with E-state index in [1.165, 1.54) is 11.1 Å². The zero-order valence-corrected chi connectivity index (χ0v) is 25.1. The normalized spacial score (nSPS) is 18.1. The van der Waals surface area contributed by atoms with E-state index in [4.69, 9.17) is 4.98 Å². The summed E-state index contributed by atoms with van der Waals surface area (Å²) in [7, 11) is 0. The Labute approximate surface area is 243 Å². The SMILES string of the molecule is CC(=O)N1CCC(CC(=O)N2CCN(C(c3ccccc3)c3ccc(-c4nc(C(C)(C)C)cs4)cc3)CC2)CC1. The first-order valence-electron chi connectivity index (χ1n) is 14.6. The van der Waals surface area contributed by atoms with Gasteiger partial charge in [0.05, 0.1) is 11.7 Å². The van der Waals surface area contributed by atoms with Crippen molar-refractivity contribution < 1.29 is 9.59 Å². The Bertz CT molecular complexity index is 1280. The molecule has 1 atom stereocenters. The second-order valence-corrected chi connectivity index (χ2v) is 13.2. The molecule has 0 N–H and O–H groups in total. The standard InChI is InChI=1S/C33H42N4O2S/c1-24(38)35-16-14-25(15-17-35)22-30(39)36-18-20-37(21-19-36)31(26-8-6-5-7-9-26)27-10-12-28(13-11-27)32-34-29(23-40-32)33(2,3)4/h5-13,23,25,31H,14-22H2,1-4H3. The van der Waals surface area contributed by atoms with Gasteiger partial charge in [0.25, 0.3) is 0 Å². The summed E-state index contributed by atoms with van der Waals surface area (Å²) >= 11 is 1.71. The van der Waals surface area contributed by atoms with Gasteiger partial charge in [0.2, 0.25) is 11.8 Å². The Morgan fingerprint density at radius 2 is 1.50 bits per heavy atom. The van der Waals surface area contributed by atoms with E-state index in [9.17, 15) is 9.59 Å². The highest BCUT2D eigenvalue weighted by molar-refractivity contribution is 7.13. The highest BCUT2D eigenvalue weighted by Gasteiger charge is 2.30. The van der Waals surface area contributed by atoms with Crippen LogP contribution in [-0.4, -0.2) is 70.8 Å². The summed E-state index contributed by atoms with van der Waals surface area (Å²) in [5.41, 5.74) is 4.87. The quantitative estimate of drug-likeness (QED) is 0.373. The Morgan fingerprint density at radius 1 is 0.875 bits per heavy atom. The van der Waals surface area contributed by atoms with Gasteiger partial charge in [-0.2, -0.15) is 0 Å². The molecule has 7 heteroatoms. The van der Waals surface area contributed by atoms with Crippen LogP contribution in [0.25, 0.3) is 10.6 Å². The molecular formula is C33H42N4O2S. The van der Waals surface area contributed by atoms with E-state index in [0.29, 0.717) is 12.3 Å². The molecule has 2 aliphatic rings. The van der Waals surface area contributed by atoms with Crippen molar-refractivity contribution in [1.82, 2.24) is 19.7 Å². The van der Waals surface area contributed by atoms with Crippen molar-refractivity contribution in [2.45, 2.75) is 58.4 Å². The molecule has 2 aromatic carbocycles. The Balaban J connectivity index is 1.25. The maximum atomic E-state index is 13.2. The number of carbonyl (C=O) groups excluding carboxylic acids is 2. The van der Waals surface area contributed by atoms with Gasteiger partial charge >= 0.3 is 0 Å². The first kappa shape index (κ1) is 28.5.